The summed E-state index contributed by atoms with van der Waals surface area (Å²) in [5.41, 5.74) is 0.394. The zero-order valence-corrected chi connectivity index (χ0v) is 12.5. The molecule has 1 aliphatic rings. The quantitative estimate of drug-likeness (QED) is 0.826. The summed E-state index contributed by atoms with van der Waals surface area (Å²) in [6.07, 6.45) is -0.183. The molecule has 116 valence electrons. The van der Waals surface area contributed by atoms with E-state index in [4.69, 9.17) is 25.8 Å². The molecule has 0 aliphatic carbocycles. The van der Waals surface area contributed by atoms with Gasteiger partial charge in [-0.05, 0) is 18.6 Å². The molecule has 0 fully saturated rings. The summed E-state index contributed by atoms with van der Waals surface area (Å²) >= 11 is 6.08. The normalized spacial score (nSPS) is 14.6. The van der Waals surface area contributed by atoms with Crippen LogP contribution in [0.3, 0.4) is 0 Å². The van der Waals surface area contributed by atoms with Crippen molar-refractivity contribution in [1.82, 2.24) is 5.32 Å². The first-order valence-electron chi connectivity index (χ1n) is 6.66. The van der Waals surface area contributed by atoms with Crippen LogP contribution in [-0.2, 0) is 4.74 Å². The van der Waals surface area contributed by atoms with Crippen LogP contribution >= 0.6 is 11.6 Å². The van der Waals surface area contributed by atoms with E-state index in [-0.39, 0.29) is 12.5 Å². The van der Waals surface area contributed by atoms with Gasteiger partial charge in [0.15, 0.2) is 11.5 Å². The van der Waals surface area contributed by atoms with Crippen LogP contribution in [0.25, 0.3) is 0 Å². The van der Waals surface area contributed by atoms with Crippen molar-refractivity contribution in [2.45, 2.75) is 12.5 Å². The van der Waals surface area contributed by atoms with E-state index in [0.717, 1.165) is 0 Å². The number of aliphatic hydroxyl groups is 1. The molecule has 1 heterocycles. The molecular weight excluding hydrogens is 298 g/mol. The Balaban J connectivity index is 1.95. The number of carbonyl (C=O) groups is 1. The van der Waals surface area contributed by atoms with Gasteiger partial charge in [-0.15, -0.1) is 0 Å². The van der Waals surface area contributed by atoms with E-state index in [1.807, 2.05) is 0 Å². The Morgan fingerprint density at radius 3 is 3.00 bits per heavy atom. The number of nitrogens with one attached hydrogen (secondary N) is 1. The Morgan fingerprint density at radius 1 is 1.48 bits per heavy atom. The van der Waals surface area contributed by atoms with E-state index in [9.17, 15) is 9.90 Å². The molecular formula is C14H18ClNO5. The van der Waals surface area contributed by atoms with Gasteiger partial charge in [-0.2, -0.15) is 0 Å². The van der Waals surface area contributed by atoms with Crippen LogP contribution in [0, 0.1) is 0 Å². The zero-order valence-electron chi connectivity index (χ0n) is 11.7. The van der Waals surface area contributed by atoms with E-state index in [1.165, 1.54) is 13.2 Å². The number of hydrogen-bond donors (Lipinski definition) is 2. The molecule has 2 N–H and O–H groups in total. The second kappa shape index (κ2) is 7.49. The molecule has 1 atom stereocenters. The Morgan fingerprint density at radius 2 is 2.24 bits per heavy atom. The average Bonchev–Trinajstić information content (AvgIpc) is 2.47. The number of benzene rings is 1. The van der Waals surface area contributed by atoms with Crippen molar-refractivity contribution in [1.29, 1.82) is 0 Å². The predicted molar refractivity (Wildman–Crippen MR) is 77.3 cm³/mol. The summed E-state index contributed by atoms with van der Waals surface area (Å²) < 4.78 is 15.6. The summed E-state index contributed by atoms with van der Waals surface area (Å²) in [6, 6.07) is 3.14. The van der Waals surface area contributed by atoms with Gasteiger partial charge in [0.05, 0.1) is 17.7 Å². The molecule has 7 heteroatoms. The van der Waals surface area contributed by atoms with E-state index in [1.54, 1.807) is 6.07 Å². The maximum Gasteiger partial charge on any atom is 0.251 e. The van der Waals surface area contributed by atoms with Crippen molar-refractivity contribution in [3.63, 3.8) is 0 Å². The fourth-order valence-electron chi connectivity index (χ4n) is 1.97. The van der Waals surface area contributed by atoms with Gasteiger partial charge in [-0.3, -0.25) is 4.79 Å². The van der Waals surface area contributed by atoms with Gasteiger partial charge in [0.25, 0.3) is 5.91 Å². The molecule has 0 radical (unpaired) electrons. The van der Waals surface area contributed by atoms with Crippen molar-refractivity contribution < 1.29 is 24.1 Å². The molecule has 1 amide bonds. The van der Waals surface area contributed by atoms with Gasteiger partial charge in [0, 0.05) is 19.2 Å². The second-order valence-corrected chi connectivity index (χ2v) is 5.04. The second-order valence-electron chi connectivity index (χ2n) is 4.64. The zero-order chi connectivity index (χ0) is 15.2. The molecule has 0 spiro atoms. The van der Waals surface area contributed by atoms with E-state index in [2.05, 4.69) is 5.32 Å². The van der Waals surface area contributed by atoms with Gasteiger partial charge in [-0.25, -0.2) is 0 Å². The van der Waals surface area contributed by atoms with Crippen LogP contribution in [0.2, 0.25) is 5.02 Å². The number of rotatable bonds is 6. The van der Waals surface area contributed by atoms with E-state index in [0.29, 0.717) is 48.3 Å². The number of methoxy groups -OCH3 is 1. The fourth-order valence-corrected chi connectivity index (χ4v) is 2.24. The number of fused-ring (bicyclic) bond motifs is 1. The Hall–Kier alpha value is -1.50. The Kier molecular flexibility index (Phi) is 5.67. The third-order valence-corrected chi connectivity index (χ3v) is 3.26. The summed E-state index contributed by atoms with van der Waals surface area (Å²) in [4.78, 5) is 12.0. The first-order valence-corrected chi connectivity index (χ1v) is 7.04. The highest BCUT2D eigenvalue weighted by Gasteiger charge is 2.19. The summed E-state index contributed by atoms with van der Waals surface area (Å²) in [7, 11) is 1.51. The van der Waals surface area contributed by atoms with Gasteiger partial charge in [0.2, 0.25) is 0 Å². The highest BCUT2D eigenvalue weighted by molar-refractivity contribution is 6.32. The Labute approximate surface area is 127 Å². The van der Waals surface area contributed by atoms with Gasteiger partial charge in [0.1, 0.15) is 13.2 Å². The molecule has 1 aliphatic heterocycles. The van der Waals surface area contributed by atoms with Crippen LogP contribution in [0.4, 0.5) is 0 Å². The largest absolute Gasteiger partial charge is 0.486 e. The van der Waals surface area contributed by atoms with Gasteiger partial charge in [-0.1, -0.05) is 11.6 Å². The molecule has 1 aromatic rings. The minimum absolute atomic E-state index is 0.242. The number of hydrogen-bond acceptors (Lipinski definition) is 5. The van der Waals surface area contributed by atoms with Crippen molar-refractivity contribution in [3.05, 3.63) is 22.7 Å². The number of aliphatic hydroxyl groups excluding tert-OH is 1. The third-order valence-electron chi connectivity index (χ3n) is 2.98. The lowest BCUT2D eigenvalue weighted by molar-refractivity contribution is 0.0587. The lowest BCUT2D eigenvalue weighted by Crippen LogP contribution is -2.28. The minimum Gasteiger partial charge on any atom is -0.486 e. The van der Waals surface area contributed by atoms with Crippen LogP contribution < -0.4 is 14.8 Å². The molecule has 0 bridgehead atoms. The fraction of sp³-hybridized carbons (Fsp3) is 0.500. The molecule has 0 saturated heterocycles. The average molecular weight is 316 g/mol. The molecule has 0 saturated carbocycles. The highest BCUT2D eigenvalue weighted by Crippen LogP contribution is 2.38. The standard InChI is InChI=1S/C14H18ClNO5/c1-19-8-10(17)2-3-16-14(18)9-6-11(15)13-12(7-9)20-4-5-21-13/h6-7,10,17H,2-5,8H2,1H3,(H,16,18). The van der Waals surface area contributed by atoms with Crippen LogP contribution in [0.5, 0.6) is 11.5 Å². The molecule has 2 rings (SSSR count). The summed E-state index contributed by atoms with van der Waals surface area (Å²) in [6.45, 7) is 1.45. The SMILES string of the molecule is COCC(O)CCNC(=O)c1cc(Cl)c2c(c1)OCCO2. The van der Waals surface area contributed by atoms with Crippen molar-refractivity contribution in [2.75, 3.05) is 33.5 Å². The maximum absolute atomic E-state index is 12.0. The summed E-state index contributed by atoms with van der Waals surface area (Å²) in [5, 5.41) is 12.6. The first-order chi connectivity index (χ1) is 10.1. The maximum atomic E-state index is 12.0. The van der Waals surface area contributed by atoms with Crippen molar-refractivity contribution >= 4 is 17.5 Å². The van der Waals surface area contributed by atoms with Gasteiger partial charge >= 0.3 is 0 Å². The number of ether oxygens (including phenoxy) is 3. The first kappa shape index (κ1) is 15.9. The number of halogens is 1. The van der Waals surface area contributed by atoms with E-state index >= 15 is 0 Å². The smallest absolute Gasteiger partial charge is 0.251 e. The molecule has 1 unspecified atom stereocenters. The van der Waals surface area contributed by atoms with Crippen LogP contribution in [0.15, 0.2) is 12.1 Å². The van der Waals surface area contributed by atoms with E-state index < -0.39 is 6.10 Å². The number of carbonyl (C=O) groups excluding carboxylic acids is 1. The molecule has 1 aromatic carbocycles. The molecule has 21 heavy (non-hydrogen) atoms. The monoisotopic (exact) mass is 315 g/mol. The van der Waals surface area contributed by atoms with Crippen molar-refractivity contribution in [2.24, 2.45) is 0 Å². The Bertz CT molecular complexity index is 508. The van der Waals surface area contributed by atoms with Gasteiger partial charge < -0.3 is 24.6 Å². The lowest BCUT2D eigenvalue weighted by atomic mass is 10.1. The topological polar surface area (TPSA) is 77.0 Å². The van der Waals surface area contributed by atoms with Crippen LogP contribution in [-0.4, -0.2) is 50.6 Å². The molecule has 0 aromatic heterocycles. The molecule has 6 nitrogen and oxygen atoms in total. The minimum atomic E-state index is -0.598. The summed E-state index contributed by atoms with van der Waals surface area (Å²) in [5.74, 6) is 0.659. The van der Waals surface area contributed by atoms with Crippen molar-refractivity contribution in [3.8, 4) is 11.5 Å². The highest BCUT2D eigenvalue weighted by atomic mass is 35.5. The number of amides is 1. The lowest BCUT2D eigenvalue weighted by Gasteiger charge is -2.20. The third kappa shape index (κ3) is 4.23. The van der Waals surface area contributed by atoms with Crippen LogP contribution in [0.1, 0.15) is 16.8 Å². The predicted octanol–water partition coefficient (Wildman–Crippen LogP) is 1.24.